The van der Waals surface area contributed by atoms with E-state index in [4.69, 9.17) is 0 Å². The molecule has 0 fully saturated rings. The van der Waals surface area contributed by atoms with Crippen LogP contribution in [0.3, 0.4) is 0 Å². The lowest BCUT2D eigenvalue weighted by Crippen LogP contribution is -2.26. The van der Waals surface area contributed by atoms with E-state index in [0.29, 0.717) is 28.1 Å². The number of pyridine rings is 1. The van der Waals surface area contributed by atoms with Crippen molar-refractivity contribution in [2.75, 3.05) is 5.32 Å². The summed E-state index contributed by atoms with van der Waals surface area (Å²) in [5.74, 6) is 0.0968. The average molecular weight is 344 g/mol. The lowest BCUT2D eigenvalue weighted by atomic mass is 9.86. The largest absolute Gasteiger partial charge is 0.416 e. The summed E-state index contributed by atoms with van der Waals surface area (Å²) >= 11 is 0. The molecule has 0 saturated heterocycles. The molecule has 0 radical (unpaired) electrons. The Kier molecular flexibility index (Phi) is 3.24. The molecule has 3 heterocycles. The summed E-state index contributed by atoms with van der Waals surface area (Å²) in [6, 6.07) is 6.83. The molecule has 1 amide bonds. The van der Waals surface area contributed by atoms with Crippen LogP contribution in [0.2, 0.25) is 0 Å². The third kappa shape index (κ3) is 2.41. The van der Waals surface area contributed by atoms with Crippen LogP contribution >= 0.6 is 0 Å². The highest BCUT2D eigenvalue weighted by molar-refractivity contribution is 6.07. The van der Waals surface area contributed by atoms with E-state index in [2.05, 4.69) is 25.0 Å². The number of carbonyl (C=O) groups is 1. The van der Waals surface area contributed by atoms with Crippen molar-refractivity contribution in [3.63, 3.8) is 0 Å². The maximum atomic E-state index is 12.6. The number of fused-ring (bicyclic) bond motifs is 2. The fraction of sp³-hybridized carbons (Fsp3) is 0.235. The molecule has 25 heavy (non-hydrogen) atoms. The maximum Gasteiger partial charge on any atom is 0.388 e. The van der Waals surface area contributed by atoms with Crippen LogP contribution in [0.1, 0.15) is 19.4 Å². The third-order valence-electron chi connectivity index (χ3n) is 4.34. The molecule has 1 aliphatic rings. The summed E-state index contributed by atoms with van der Waals surface area (Å²) in [4.78, 5) is 23.4. The molecular formula is C17H14F2N4O2. The van der Waals surface area contributed by atoms with E-state index in [0.717, 1.165) is 5.56 Å². The van der Waals surface area contributed by atoms with Crippen LogP contribution < -0.4 is 10.1 Å². The van der Waals surface area contributed by atoms with Crippen LogP contribution in [0, 0.1) is 0 Å². The smallest absolute Gasteiger partial charge is 0.388 e. The lowest BCUT2D eigenvalue weighted by molar-refractivity contribution is -0.119. The number of benzene rings is 1. The van der Waals surface area contributed by atoms with Crippen LogP contribution in [0.25, 0.3) is 22.4 Å². The maximum absolute atomic E-state index is 12.6. The van der Waals surface area contributed by atoms with Crippen LogP contribution in [0.15, 0.2) is 30.5 Å². The van der Waals surface area contributed by atoms with E-state index in [9.17, 15) is 13.6 Å². The summed E-state index contributed by atoms with van der Waals surface area (Å²) in [5.41, 5.74) is 2.56. The lowest BCUT2D eigenvalue weighted by Gasteiger charge is -2.14. The van der Waals surface area contributed by atoms with Crippen molar-refractivity contribution in [2.45, 2.75) is 25.9 Å². The highest BCUT2D eigenvalue weighted by atomic mass is 19.3. The second kappa shape index (κ2) is 5.23. The number of rotatable bonds is 3. The molecule has 4 rings (SSSR count). The second-order valence-electron chi connectivity index (χ2n) is 6.31. The first-order chi connectivity index (χ1) is 11.9. The minimum atomic E-state index is -2.97. The minimum Gasteiger partial charge on any atom is -0.416 e. The Hall–Kier alpha value is -3.03. The molecule has 0 spiro atoms. The van der Waals surface area contributed by atoms with Crippen LogP contribution in [-0.4, -0.2) is 27.5 Å². The van der Waals surface area contributed by atoms with Gasteiger partial charge in [-0.1, -0.05) is 0 Å². The van der Waals surface area contributed by atoms with Gasteiger partial charge in [-0.05, 0) is 43.7 Å². The van der Waals surface area contributed by atoms with E-state index < -0.39 is 12.0 Å². The molecule has 3 aromatic rings. The third-order valence-corrected chi connectivity index (χ3v) is 4.34. The molecule has 8 heteroatoms. The summed E-state index contributed by atoms with van der Waals surface area (Å²) in [5, 5.41) is 2.84. The first kappa shape index (κ1) is 15.5. The highest BCUT2D eigenvalue weighted by Gasteiger charge is 2.38. The van der Waals surface area contributed by atoms with Crippen molar-refractivity contribution in [2.24, 2.45) is 0 Å². The fourth-order valence-corrected chi connectivity index (χ4v) is 2.96. The number of amides is 1. The highest BCUT2D eigenvalue weighted by Crippen LogP contribution is 2.40. The Morgan fingerprint density at radius 3 is 2.84 bits per heavy atom. The number of anilines is 1. The molecule has 1 aliphatic heterocycles. The Balaban J connectivity index is 1.84. The normalized spacial score (nSPS) is 15.5. The molecule has 0 aliphatic carbocycles. The molecule has 2 aromatic heterocycles. The van der Waals surface area contributed by atoms with Crippen LogP contribution in [-0.2, 0) is 10.2 Å². The van der Waals surface area contributed by atoms with Gasteiger partial charge in [0, 0.05) is 11.9 Å². The van der Waals surface area contributed by atoms with Crippen molar-refractivity contribution in [1.82, 2.24) is 15.0 Å². The number of imidazole rings is 1. The van der Waals surface area contributed by atoms with Gasteiger partial charge in [-0.2, -0.15) is 8.78 Å². The van der Waals surface area contributed by atoms with Gasteiger partial charge in [-0.15, -0.1) is 0 Å². The van der Waals surface area contributed by atoms with Gasteiger partial charge >= 0.3 is 6.61 Å². The van der Waals surface area contributed by atoms with Gasteiger partial charge in [0.15, 0.2) is 0 Å². The van der Waals surface area contributed by atoms with Gasteiger partial charge in [0.2, 0.25) is 11.8 Å². The number of H-pyrrole nitrogens is 1. The number of nitrogens with one attached hydrogen (secondary N) is 2. The van der Waals surface area contributed by atoms with Crippen molar-refractivity contribution in [3.8, 4) is 17.3 Å². The van der Waals surface area contributed by atoms with E-state index in [1.165, 1.54) is 6.20 Å². The number of hydrogen-bond acceptors (Lipinski definition) is 4. The first-order valence-corrected chi connectivity index (χ1v) is 7.62. The zero-order chi connectivity index (χ0) is 17.8. The predicted octanol–water partition coefficient (Wildman–Crippen LogP) is 3.46. The Bertz CT molecular complexity index is 997. The van der Waals surface area contributed by atoms with Gasteiger partial charge in [-0.3, -0.25) is 4.79 Å². The molecule has 128 valence electrons. The average Bonchev–Trinajstić information content (AvgIpc) is 3.05. The quantitative estimate of drug-likeness (QED) is 0.763. The number of alkyl halides is 2. The number of ether oxygens (including phenoxy) is 1. The van der Waals surface area contributed by atoms with E-state index >= 15 is 0 Å². The fourth-order valence-electron chi connectivity index (χ4n) is 2.96. The summed E-state index contributed by atoms with van der Waals surface area (Å²) in [6.07, 6.45) is 1.37. The number of carbonyl (C=O) groups excluding carboxylic acids is 1. The van der Waals surface area contributed by atoms with Gasteiger partial charge in [0.05, 0.1) is 22.0 Å². The number of aromatic amines is 1. The number of hydrogen-bond donors (Lipinski definition) is 2. The Morgan fingerprint density at radius 1 is 1.28 bits per heavy atom. The van der Waals surface area contributed by atoms with Gasteiger partial charge < -0.3 is 15.0 Å². The summed E-state index contributed by atoms with van der Waals surface area (Å²) in [6.45, 7) is 0.706. The van der Waals surface area contributed by atoms with Gasteiger partial charge in [-0.25, -0.2) is 9.97 Å². The molecule has 0 unspecified atom stereocenters. The molecule has 0 atom stereocenters. The molecular weight excluding hydrogens is 330 g/mol. The minimum absolute atomic E-state index is 0.0738. The van der Waals surface area contributed by atoms with Crippen LogP contribution in [0.5, 0.6) is 5.88 Å². The predicted molar refractivity (Wildman–Crippen MR) is 87.6 cm³/mol. The first-order valence-electron chi connectivity index (χ1n) is 7.62. The van der Waals surface area contributed by atoms with Crippen molar-refractivity contribution in [3.05, 3.63) is 36.0 Å². The second-order valence-corrected chi connectivity index (χ2v) is 6.31. The zero-order valence-electron chi connectivity index (χ0n) is 13.4. The number of nitrogens with zero attached hydrogens (tertiary/aromatic N) is 2. The number of aromatic nitrogens is 3. The van der Waals surface area contributed by atoms with E-state index in [1.54, 1.807) is 18.2 Å². The Labute approximate surface area is 141 Å². The summed E-state index contributed by atoms with van der Waals surface area (Å²) in [7, 11) is 0. The molecule has 2 N–H and O–H groups in total. The van der Waals surface area contributed by atoms with Gasteiger partial charge in [0.25, 0.3) is 0 Å². The SMILES string of the molecule is CC1(C)C(=O)Nc2cc3nc(-c4cccnc4OC(F)F)[nH]c3cc21. The zero-order valence-corrected chi connectivity index (χ0v) is 13.4. The van der Waals surface area contributed by atoms with Crippen molar-refractivity contribution >= 4 is 22.6 Å². The molecule has 0 saturated carbocycles. The molecule has 6 nitrogen and oxygen atoms in total. The van der Waals surface area contributed by atoms with E-state index in [1.807, 2.05) is 19.9 Å². The topological polar surface area (TPSA) is 79.9 Å². The van der Waals surface area contributed by atoms with Crippen molar-refractivity contribution in [1.29, 1.82) is 0 Å². The standard InChI is InChI=1S/C17H14F2N4O2/c1-17(2)9-6-11-12(7-10(9)23-15(17)24)22-13(21-11)8-4-3-5-20-14(8)25-16(18)19/h3-7,16H,1-2H3,(H,21,22)(H,23,24). The molecule has 1 aromatic carbocycles. The molecule has 0 bridgehead atoms. The van der Waals surface area contributed by atoms with Crippen molar-refractivity contribution < 1.29 is 18.3 Å². The van der Waals surface area contributed by atoms with Gasteiger partial charge in [0.1, 0.15) is 5.82 Å². The van der Waals surface area contributed by atoms with Crippen LogP contribution in [0.4, 0.5) is 14.5 Å². The monoisotopic (exact) mass is 344 g/mol. The van der Waals surface area contributed by atoms with E-state index in [-0.39, 0.29) is 11.8 Å². The number of halogens is 2. The Morgan fingerprint density at radius 2 is 2.08 bits per heavy atom. The summed E-state index contributed by atoms with van der Waals surface area (Å²) < 4.78 is 29.6.